The van der Waals surface area contributed by atoms with Crippen LogP contribution in [0.1, 0.15) is 28.6 Å². The molecule has 1 heterocycles. The second-order valence-electron chi connectivity index (χ2n) is 5.71. The highest BCUT2D eigenvalue weighted by molar-refractivity contribution is 5.94. The number of rotatable bonds is 4. The van der Waals surface area contributed by atoms with E-state index < -0.39 is 11.2 Å². The molecule has 0 saturated carbocycles. The average Bonchev–Trinajstić information content (AvgIpc) is 2.88. The van der Waals surface area contributed by atoms with Crippen molar-refractivity contribution in [1.82, 2.24) is 5.32 Å². The summed E-state index contributed by atoms with van der Waals surface area (Å²) in [6.45, 7) is 0.724. The largest absolute Gasteiger partial charge is 0.348 e. The van der Waals surface area contributed by atoms with Gasteiger partial charge in [-0.3, -0.25) is 14.9 Å². The Morgan fingerprint density at radius 1 is 1.08 bits per heavy atom. The summed E-state index contributed by atoms with van der Waals surface area (Å²) in [6.07, 6.45) is 0.0293. The number of benzene rings is 2. The third-order valence-electron chi connectivity index (χ3n) is 3.93. The minimum atomic E-state index is -0.598. The number of amides is 1. The molecular formula is C18H18N2O5. The molecule has 130 valence electrons. The second-order valence-corrected chi connectivity index (χ2v) is 5.71. The number of nitro groups is 1. The van der Waals surface area contributed by atoms with Crippen molar-refractivity contribution >= 4 is 11.6 Å². The van der Waals surface area contributed by atoms with Gasteiger partial charge in [-0.05, 0) is 30.7 Å². The number of hydrogen-bond donors (Lipinski definition) is 1. The van der Waals surface area contributed by atoms with Crippen LogP contribution in [-0.2, 0) is 9.47 Å². The fourth-order valence-corrected chi connectivity index (χ4v) is 2.57. The van der Waals surface area contributed by atoms with Crippen molar-refractivity contribution in [2.45, 2.75) is 18.8 Å². The van der Waals surface area contributed by atoms with Crippen LogP contribution in [0, 0.1) is 10.1 Å². The van der Waals surface area contributed by atoms with Gasteiger partial charge in [0.25, 0.3) is 11.6 Å². The van der Waals surface area contributed by atoms with Gasteiger partial charge in [0.05, 0.1) is 24.2 Å². The molecule has 1 aliphatic rings. The topological polar surface area (TPSA) is 90.7 Å². The zero-order chi connectivity index (χ0) is 17.6. The number of nitro benzene ring substituents is 1. The molecule has 7 nitrogen and oxygen atoms in total. The third kappa shape index (κ3) is 4.40. The lowest BCUT2D eigenvalue weighted by molar-refractivity contribution is -0.384. The van der Waals surface area contributed by atoms with E-state index in [1.165, 1.54) is 12.1 Å². The maximum Gasteiger partial charge on any atom is 0.269 e. The SMILES string of the molecule is O=C(N[C@H]1CCO[C@@H](c2ccc([N+](=O)[O-])cc2)OC1)c1ccccc1. The van der Waals surface area contributed by atoms with Crippen LogP contribution in [0.3, 0.4) is 0 Å². The van der Waals surface area contributed by atoms with Crippen molar-refractivity contribution in [3.8, 4) is 0 Å². The number of hydrogen-bond acceptors (Lipinski definition) is 5. The summed E-state index contributed by atoms with van der Waals surface area (Å²) < 4.78 is 11.4. The van der Waals surface area contributed by atoms with Crippen molar-refractivity contribution in [1.29, 1.82) is 0 Å². The molecule has 0 aromatic heterocycles. The lowest BCUT2D eigenvalue weighted by Crippen LogP contribution is -2.38. The fraction of sp³-hybridized carbons (Fsp3) is 0.278. The molecule has 0 unspecified atom stereocenters. The van der Waals surface area contributed by atoms with Gasteiger partial charge in [-0.1, -0.05) is 18.2 Å². The molecule has 1 N–H and O–H groups in total. The lowest BCUT2D eigenvalue weighted by Gasteiger charge is -2.17. The van der Waals surface area contributed by atoms with E-state index in [1.807, 2.05) is 18.2 Å². The summed E-state index contributed by atoms with van der Waals surface area (Å²) in [5.74, 6) is -0.150. The third-order valence-corrected chi connectivity index (χ3v) is 3.93. The van der Waals surface area contributed by atoms with Crippen LogP contribution in [0.25, 0.3) is 0 Å². The summed E-state index contributed by atoms with van der Waals surface area (Å²) in [7, 11) is 0. The van der Waals surface area contributed by atoms with E-state index in [0.717, 1.165) is 0 Å². The number of non-ortho nitro benzene ring substituents is 1. The fourth-order valence-electron chi connectivity index (χ4n) is 2.57. The summed E-state index contributed by atoms with van der Waals surface area (Å²) in [5.41, 5.74) is 1.32. The van der Waals surface area contributed by atoms with Crippen molar-refractivity contribution < 1.29 is 19.2 Å². The van der Waals surface area contributed by atoms with Crippen LogP contribution in [0.4, 0.5) is 5.69 Å². The van der Waals surface area contributed by atoms with Gasteiger partial charge >= 0.3 is 0 Å². The van der Waals surface area contributed by atoms with E-state index in [4.69, 9.17) is 9.47 Å². The molecule has 0 spiro atoms. The summed E-state index contributed by atoms with van der Waals surface area (Å²) in [5, 5.41) is 13.6. The highest BCUT2D eigenvalue weighted by atomic mass is 16.7. The Morgan fingerprint density at radius 3 is 2.48 bits per heavy atom. The summed E-state index contributed by atoms with van der Waals surface area (Å²) in [4.78, 5) is 22.5. The Morgan fingerprint density at radius 2 is 1.80 bits per heavy atom. The van der Waals surface area contributed by atoms with Crippen LogP contribution in [-0.4, -0.2) is 30.1 Å². The maximum atomic E-state index is 12.2. The second kappa shape index (κ2) is 7.87. The van der Waals surface area contributed by atoms with Crippen LogP contribution < -0.4 is 5.32 Å². The number of ether oxygens (including phenoxy) is 2. The van der Waals surface area contributed by atoms with Crippen molar-refractivity contribution in [2.24, 2.45) is 0 Å². The first-order valence-corrected chi connectivity index (χ1v) is 7.97. The standard InChI is InChI=1S/C18H18N2O5/c21-17(13-4-2-1-3-5-13)19-15-10-11-24-18(25-12-15)14-6-8-16(9-7-14)20(22)23/h1-9,15,18H,10-12H2,(H,19,21)/t15-,18+/m0/s1. The zero-order valence-corrected chi connectivity index (χ0v) is 13.5. The molecule has 1 fully saturated rings. The van der Waals surface area contributed by atoms with Crippen molar-refractivity contribution in [2.75, 3.05) is 13.2 Å². The van der Waals surface area contributed by atoms with E-state index >= 15 is 0 Å². The molecule has 2 atom stereocenters. The first-order valence-electron chi connectivity index (χ1n) is 7.97. The Bertz CT molecular complexity index is 733. The summed E-state index contributed by atoms with van der Waals surface area (Å²) >= 11 is 0. The predicted octanol–water partition coefficient (Wildman–Crippen LogP) is 2.83. The molecule has 7 heteroatoms. The predicted molar refractivity (Wildman–Crippen MR) is 90.1 cm³/mol. The molecule has 25 heavy (non-hydrogen) atoms. The van der Waals surface area contributed by atoms with E-state index in [0.29, 0.717) is 30.8 Å². The highest BCUT2D eigenvalue weighted by Crippen LogP contribution is 2.24. The molecule has 3 rings (SSSR count). The molecule has 2 aromatic carbocycles. The van der Waals surface area contributed by atoms with E-state index in [2.05, 4.69) is 5.32 Å². The van der Waals surface area contributed by atoms with Crippen LogP contribution in [0.2, 0.25) is 0 Å². The number of carbonyl (C=O) groups is 1. The normalized spacial score (nSPS) is 20.5. The smallest absolute Gasteiger partial charge is 0.269 e. The Balaban J connectivity index is 1.58. The molecule has 2 aromatic rings. The quantitative estimate of drug-likeness (QED) is 0.681. The van der Waals surface area contributed by atoms with Crippen LogP contribution in [0.5, 0.6) is 0 Å². The molecule has 1 amide bonds. The number of nitrogens with one attached hydrogen (secondary N) is 1. The number of nitrogens with zero attached hydrogens (tertiary/aromatic N) is 1. The Labute approximate surface area is 144 Å². The van der Waals surface area contributed by atoms with E-state index in [1.54, 1.807) is 24.3 Å². The van der Waals surface area contributed by atoms with Gasteiger partial charge in [0, 0.05) is 23.3 Å². The molecule has 1 saturated heterocycles. The molecular weight excluding hydrogens is 324 g/mol. The lowest BCUT2D eigenvalue weighted by atomic mass is 10.1. The van der Waals surface area contributed by atoms with Crippen LogP contribution >= 0.6 is 0 Å². The van der Waals surface area contributed by atoms with E-state index in [-0.39, 0.29) is 17.6 Å². The van der Waals surface area contributed by atoms with Crippen LogP contribution in [0.15, 0.2) is 54.6 Å². The van der Waals surface area contributed by atoms with Gasteiger partial charge in [-0.2, -0.15) is 0 Å². The average molecular weight is 342 g/mol. The molecule has 0 radical (unpaired) electrons. The van der Waals surface area contributed by atoms with Crippen molar-refractivity contribution in [3.05, 3.63) is 75.8 Å². The van der Waals surface area contributed by atoms with Gasteiger partial charge in [0.2, 0.25) is 0 Å². The number of carbonyl (C=O) groups excluding carboxylic acids is 1. The summed E-state index contributed by atoms with van der Waals surface area (Å²) in [6, 6.07) is 14.9. The molecule has 1 aliphatic heterocycles. The highest BCUT2D eigenvalue weighted by Gasteiger charge is 2.23. The molecule has 0 bridgehead atoms. The first kappa shape index (κ1) is 17.1. The van der Waals surface area contributed by atoms with Gasteiger partial charge in [0.15, 0.2) is 6.29 Å². The molecule has 0 aliphatic carbocycles. The monoisotopic (exact) mass is 342 g/mol. The van der Waals surface area contributed by atoms with E-state index in [9.17, 15) is 14.9 Å². The first-order chi connectivity index (χ1) is 12.1. The van der Waals surface area contributed by atoms with Gasteiger partial charge < -0.3 is 14.8 Å². The minimum Gasteiger partial charge on any atom is -0.348 e. The Kier molecular flexibility index (Phi) is 5.37. The maximum absolute atomic E-state index is 12.2. The van der Waals surface area contributed by atoms with Gasteiger partial charge in [-0.15, -0.1) is 0 Å². The minimum absolute atomic E-state index is 0.0189. The van der Waals surface area contributed by atoms with Gasteiger partial charge in [0.1, 0.15) is 0 Å². The van der Waals surface area contributed by atoms with Gasteiger partial charge in [-0.25, -0.2) is 0 Å². The zero-order valence-electron chi connectivity index (χ0n) is 13.5. The van der Waals surface area contributed by atoms with Crippen molar-refractivity contribution in [3.63, 3.8) is 0 Å². The Hall–Kier alpha value is -2.77.